The summed E-state index contributed by atoms with van der Waals surface area (Å²) in [4.78, 5) is 17.4. The Morgan fingerprint density at radius 2 is 2.19 bits per heavy atom. The van der Waals surface area contributed by atoms with E-state index in [-0.39, 0.29) is 12.4 Å². The van der Waals surface area contributed by atoms with Gasteiger partial charge in [-0.1, -0.05) is 25.1 Å². The maximum Gasteiger partial charge on any atom is 0.403 e. The number of nitrogens with zero attached hydrogens (tertiary/aromatic N) is 4. The summed E-state index contributed by atoms with van der Waals surface area (Å²) >= 11 is 0. The van der Waals surface area contributed by atoms with Crippen LogP contribution in [0.5, 0.6) is 0 Å². The van der Waals surface area contributed by atoms with Gasteiger partial charge in [-0.05, 0) is 30.2 Å². The predicted octanol–water partition coefficient (Wildman–Crippen LogP) is 1.86. The third kappa shape index (κ3) is 4.16. The van der Waals surface area contributed by atoms with Gasteiger partial charge in [0.25, 0.3) is 0 Å². The van der Waals surface area contributed by atoms with Crippen molar-refractivity contribution in [1.82, 2.24) is 24.7 Å². The minimum Gasteiger partial charge on any atom is -0.390 e. The molecule has 1 saturated heterocycles. The summed E-state index contributed by atoms with van der Waals surface area (Å²) in [5.74, 6) is -0.464. The van der Waals surface area contributed by atoms with E-state index in [1.165, 1.54) is 10.8 Å². The fraction of sp³-hybridized carbons (Fsp3) is 0.348. The van der Waals surface area contributed by atoms with Crippen molar-refractivity contribution in [3.05, 3.63) is 60.2 Å². The number of H-pyrrole nitrogens is 1. The summed E-state index contributed by atoms with van der Waals surface area (Å²) in [7, 11) is -4.20. The number of aliphatic hydroxyl groups is 1. The van der Waals surface area contributed by atoms with Gasteiger partial charge in [-0.2, -0.15) is 10.4 Å². The smallest absolute Gasteiger partial charge is 0.390 e. The van der Waals surface area contributed by atoms with Crippen LogP contribution in [0.15, 0.2) is 48.9 Å². The quantitative estimate of drug-likeness (QED) is 0.219. The molecule has 5 rings (SSSR count). The summed E-state index contributed by atoms with van der Waals surface area (Å²) in [6.07, 6.45) is 1.46. The highest BCUT2D eigenvalue weighted by Gasteiger charge is 2.56. The van der Waals surface area contributed by atoms with E-state index < -0.39 is 38.1 Å². The van der Waals surface area contributed by atoms with Crippen LogP contribution < -0.4 is 10.8 Å². The van der Waals surface area contributed by atoms with E-state index in [0.29, 0.717) is 17.6 Å². The lowest BCUT2D eigenvalue weighted by Gasteiger charge is -2.25. The maximum absolute atomic E-state index is 12.6. The number of ether oxygens (including phenoxy) is 1. The van der Waals surface area contributed by atoms with Crippen molar-refractivity contribution < 1.29 is 23.8 Å². The van der Waals surface area contributed by atoms with E-state index in [9.17, 15) is 19.8 Å². The van der Waals surface area contributed by atoms with E-state index in [1.54, 1.807) is 19.1 Å². The number of benzene rings is 1. The minimum absolute atomic E-state index is 0.194. The highest BCUT2D eigenvalue weighted by Crippen LogP contribution is 2.46. The lowest BCUT2D eigenvalue weighted by molar-refractivity contribution is -0.0516. The number of fused-ring (bicyclic) bond motifs is 2. The van der Waals surface area contributed by atoms with Gasteiger partial charge < -0.3 is 25.5 Å². The number of hydrogen-bond donors (Lipinski definition) is 5. The number of aliphatic hydroxyl groups excluding tert-OH is 1. The monoisotopic (exact) mass is 511 g/mol. The standard InChI is InChI=1S/C23H26N7O5P/c1-14-21(31)19(35-23(14,12-24)20-7-6-18-22(25)27-13-28-30(18)20)11-34-36(32,33)29-9-8-15-10-26-17-5-3-2-4-16(15)17/h2-7,10,13-14,19,21,26,31H,8-9,11H2,1H3,(H2,25,27,28)(H2,29,32,33). The van der Waals surface area contributed by atoms with Crippen LogP contribution in [0.1, 0.15) is 18.2 Å². The number of para-hydroxylation sites is 1. The number of nitrogens with two attached hydrogens (primary N) is 1. The SMILES string of the molecule is CC1C(O)C(COP(=O)(O)NCCc2c[nH]c3ccccc23)OC1(C#N)c1ccc2c(N)ncnn12. The summed E-state index contributed by atoms with van der Waals surface area (Å²) in [6, 6.07) is 13.3. The van der Waals surface area contributed by atoms with Crippen LogP contribution in [0.3, 0.4) is 0 Å². The third-order valence-corrected chi connectivity index (χ3v) is 7.82. The van der Waals surface area contributed by atoms with Crippen LogP contribution in [-0.4, -0.2) is 54.9 Å². The van der Waals surface area contributed by atoms with E-state index >= 15 is 0 Å². The van der Waals surface area contributed by atoms with Crippen LogP contribution in [0.4, 0.5) is 5.82 Å². The normalized spacial score (nSPS) is 25.8. The van der Waals surface area contributed by atoms with Gasteiger partial charge in [0.2, 0.25) is 5.60 Å². The van der Waals surface area contributed by atoms with Crippen molar-refractivity contribution >= 4 is 30.0 Å². The average molecular weight is 511 g/mol. The lowest BCUT2D eigenvalue weighted by Crippen LogP contribution is -2.34. The molecule has 13 heteroatoms. The van der Waals surface area contributed by atoms with Gasteiger partial charge in [-0.25, -0.2) is 19.2 Å². The Labute approximate surface area is 206 Å². The van der Waals surface area contributed by atoms with Gasteiger partial charge in [0.1, 0.15) is 24.0 Å². The molecule has 12 nitrogen and oxygen atoms in total. The van der Waals surface area contributed by atoms with Crippen LogP contribution in [0, 0.1) is 17.2 Å². The summed E-state index contributed by atoms with van der Waals surface area (Å²) in [6.45, 7) is 1.46. The van der Waals surface area contributed by atoms with Gasteiger partial charge in [0.05, 0.1) is 18.4 Å². The van der Waals surface area contributed by atoms with Crippen LogP contribution in [-0.2, 0) is 25.8 Å². The molecule has 5 atom stereocenters. The molecule has 1 aromatic carbocycles. The molecule has 5 unspecified atom stereocenters. The first-order chi connectivity index (χ1) is 17.3. The van der Waals surface area contributed by atoms with E-state index in [0.717, 1.165) is 16.5 Å². The van der Waals surface area contributed by atoms with Gasteiger partial charge in [0.15, 0.2) is 5.82 Å². The fourth-order valence-electron chi connectivity index (χ4n) is 4.71. The Hall–Kier alpha value is -3.30. The molecule has 0 amide bonds. The minimum atomic E-state index is -4.20. The first kappa shape index (κ1) is 24.4. The maximum atomic E-state index is 12.6. The summed E-state index contributed by atoms with van der Waals surface area (Å²) < 4.78 is 25.3. The second-order valence-corrected chi connectivity index (χ2v) is 10.4. The predicted molar refractivity (Wildman–Crippen MR) is 131 cm³/mol. The number of aromatic amines is 1. The third-order valence-electron chi connectivity index (χ3n) is 6.69. The molecule has 0 aliphatic carbocycles. The topological polar surface area (TPSA) is 184 Å². The van der Waals surface area contributed by atoms with E-state index in [4.69, 9.17) is 15.0 Å². The molecule has 6 N–H and O–H groups in total. The zero-order chi connectivity index (χ0) is 25.5. The second kappa shape index (κ2) is 9.29. The first-order valence-corrected chi connectivity index (χ1v) is 13.0. The van der Waals surface area contributed by atoms with Crippen molar-refractivity contribution in [2.45, 2.75) is 31.2 Å². The molecule has 0 radical (unpaired) electrons. The molecular weight excluding hydrogens is 485 g/mol. The van der Waals surface area contributed by atoms with Crippen LogP contribution >= 0.6 is 7.75 Å². The molecule has 1 aliphatic rings. The zero-order valence-electron chi connectivity index (χ0n) is 19.4. The molecule has 4 aromatic rings. The molecule has 36 heavy (non-hydrogen) atoms. The molecule has 0 saturated carbocycles. The highest BCUT2D eigenvalue weighted by molar-refractivity contribution is 7.50. The Kier molecular flexibility index (Phi) is 6.30. The Morgan fingerprint density at radius 1 is 1.39 bits per heavy atom. The van der Waals surface area contributed by atoms with Crippen molar-refractivity contribution in [3.63, 3.8) is 0 Å². The summed E-state index contributed by atoms with van der Waals surface area (Å²) in [5, 5.41) is 28.7. The number of nitrogens with one attached hydrogen (secondary N) is 2. The van der Waals surface area contributed by atoms with Crippen molar-refractivity contribution in [1.29, 1.82) is 5.26 Å². The lowest BCUT2D eigenvalue weighted by atomic mass is 9.85. The largest absolute Gasteiger partial charge is 0.403 e. The Balaban J connectivity index is 1.25. The number of rotatable bonds is 8. The van der Waals surface area contributed by atoms with Crippen molar-refractivity contribution in [2.75, 3.05) is 18.9 Å². The summed E-state index contributed by atoms with van der Waals surface area (Å²) in [5.41, 5.74) is 7.18. The molecule has 0 spiro atoms. The second-order valence-electron chi connectivity index (χ2n) is 8.78. The number of nitrogen functional groups attached to an aromatic ring is 1. The molecule has 3 aromatic heterocycles. The molecule has 0 bridgehead atoms. The highest BCUT2D eigenvalue weighted by atomic mass is 31.2. The van der Waals surface area contributed by atoms with Crippen molar-refractivity contribution in [2.24, 2.45) is 5.92 Å². The van der Waals surface area contributed by atoms with Gasteiger partial charge >= 0.3 is 7.75 Å². The molecule has 188 valence electrons. The molecule has 1 aliphatic heterocycles. The van der Waals surface area contributed by atoms with Crippen molar-refractivity contribution in [3.8, 4) is 6.07 Å². The van der Waals surface area contributed by atoms with E-state index in [1.807, 2.05) is 30.5 Å². The Morgan fingerprint density at radius 3 is 3.00 bits per heavy atom. The van der Waals surface area contributed by atoms with Crippen LogP contribution in [0.25, 0.3) is 16.4 Å². The Bertz CT molecular complexity index is 1500. The van der Waals surface area contributed by atoms with Gasteiger partial charge in [0, 0.05) is 29.6 Å². The van der Waals surface area contributed by atoms with Crippen LogP contribution in [0.2, 0.25) is 0 Å². The number of hydrogen-bond acceptors (Lipinski definition) is 8. The van der Waals surface area contributed by atoms with Gasteiger partial charge in [-0.15, -0.1) is 0 Å². The molecular formula is C23H26N7O5P. The first-order valence-electron chi connectivity index (χ1n) is 11.4. The number of aromatic nitrogens is 4. The number of anilines is 1. The molecule has 1 fully saturated rings. The average Bonchev–Trinajstić information content (AvgIpc) is 3.55. The fourth-order valence-corrected chi connectivity index (χ4v) is 5.55. The number of nitriles is 1. The van der Waals surface area contributed by atoms with E-state index in [2.05, 4.69) is 26.2 Å². The van der Waals surface area contributed by atoms with Gasteiger partial charge in [-0.3, -0.25) is 4.52 Å². The zero-order valence-corrected chi connectivity index (χ0v) is 20.3. The molecule has 4 heterocycles.